The van der Waals surface area contributed by atoms with Crippen LogP contribution in [0.15, 0.2) is 0 Å². The molecular formula is C16H27N5O2. The molecule has 4 rings (SSSR count). The molecule has 3 heterocycles. The standard InChI is InChI=1S/C16H27N5O2/c1-2-4-15-14(3-1)20(7-10-23-15)12-16-17-18-19-21(16)11-13-5-8-22-9-6-13/h13-15H,1-12H2. The molecule has 1 saturated carbocycles. The zero-order valence-corrected chi connectivity index (χ0v) is 13.8. The SMILES string of the molecule is C1CCC2C(C1)OCCN2Cc1nnnn1CC1CCOCC1. The molecule has 7 nitrogen and oxygen atoms in total. The monoisotopic (exact) mass is 321 g/mol. The number of hydrogen-bond acceptors (Lipinski definition) is 6. The maximum Gasteiger partial charge on any atom is 0.165 e. The molecule has 0 radical (unpaired) electrons. The predicted octanol–water partition coefficient (Wildman–Crippen LogP) is 1.24. The molecule has 0 N–H and O–H groups in total. The molecule has 0 spiro atoms. The van der Waals surface area contributed by atoms with Crippen molar-refractivity contribution in [3.63, 3.8) is 0 Å². The summed E-state index contributed by atoms with van der Waals surface area (Å²) < 4.78 is 13.4. The van der Waals surface area contributed by atoms with Crippen LogP contribution in [0, 0.1) is 5.92 Å². The van der Waals surface area contributed by atoms with E-state index in [1.54, 1.807) is 0 Å². The second-order valence-electron chi connectivity index (χ2n) is 7.06. The Labute approximate surface area is 137 Å². The first-order valence-electron chi connectivity index (χ1n) is 9.08. The van der Waals surface area contributed by atoms with Crippen molar-refractivity contribution in [1.82, 2.24) is 25.1 Å². The quantitative estimate of drug-likeness (QED) is 0.831. The number of hydrogen-bond donors (Lipinski definition) is 0. The van der Waals surface area contributed by atoms with Gasteiger partial charge in [-0.2, -0.15) is 0 Å². The van der Waals surface area contributed by atoms with Crippen molar-refractivity contribution in [3.05, 3.63) is 5.82 Å². The van der Waals surface area contributed by atoms with Gasteiger partial charge in [0.1, 0.15) is 0 Å². The van der Waals surface area contributed by atoms with E-state index >= 15 is 0 Å². The lowest BCUT2D eigenvalue weighted by atomic mass is 9.90. The Bertz CT molecular complexity index is 500. The molecule has 0 amide bonds. The van der Waals surface area contributed by atoms with Gasteiger partial charge >= 0.3 is 0 Å². The van der Waals surface area contributed by atoms with Crippen LogP contribution in [0.5, 0.6) is 0 Å². The Morgan fingerprint density at radius 2 is 1.91 bits per heavy atom. The van der Waals surface area contributed by atoms with Gasteiger partial charge in [0.05, 0.1) is 19.3 Å². The molecule has 1 aromatic heterocycles. The molecule has 0 bridgehead atoms. The van der Waals surface area contributed by atoms with E-state index in [1.165, 1.54) is 25.7 Å². The second-order valence-corrected chi connectivity index (χ2v) is 7.06. The number of fused-ring (bicyclic) bond motifs is 1. The van der Waals surface area contributed by atoms with E-state index in [2.05, 4.69) is 20.4 Å². The van der Waals surface area contributed by atoms with E-state index in [9.17, 15) is 0 Å². The highest BCUT2D eigenvalue weighted by Crippen LogP contribution is 2.29. The fourth-order valence-electron chi connectivity index (χ4n) is 4.21. The van der Waals surface area contributed by atoms with Crippen molar-refractivity contribution < 1.29 is 9.47 Å². The van der Waals surface area contributed by atoms with Crippen molar-refractivity contribution in [1.29, 1.82) is 0 Å². The summed E-state index contributed by atoms with van der Waals surface area (Å²) in [5, 5.41) is 12.5. The zero-order valence-electron chi connectivity index (χ0n) is 13.8. The fraction of sp³-hybridized carbons (Fsp3) is 0.938. The molecule has 128 valence electrons. The summed E-state index contributed by atoms with van der Waals surface area (Å²) in [6.07, 6.45) is 7.70. The number of nitrogens with zero attached hydrogens (tertiary/aromatic N) is 5. The van der Waals surface area contributed by atoms with Crippen LogP contribution in [0.1, 0.15) is 44.3 Å². The van der Waals surface area contributed by atoms with Crippen LogP contribution in [0.2, 0.25) is 0 Å². The number of rotatable bonds is 4. The minimum Gasteiger partial charge on any atom is -0.381 e. The van der Waals surface area contributed by atoms with Gasteiger partial charge in [0.2, 0.25) is 0 Å². The van der Waals surface area contributed by atoms with Crippen molar-refractivity contribution in [2.45, 2.75) is 63.8 Å². The van der Waals surface area contributed by atoms with E-state index < -0.39 is 0 Å². The summed E-state index contributed by atoms with van der Waals surface area (Å²) in [4.78, 5) is 2.54. The van der Waals surface area contributed by atoms with Crippen molar-refractivity contribution in [2.75, 3.05) is 26.4 Å². The lowest BCUT2D eigenvalue weighted by Gasteiger charge is -2.43. The second kappa shape index (κ2) is 7.23. The minimum absolute atomic E-state index is 0.414. The van der Waals surface area contributed by atoms with Gasteiger partial charge in [0.15, 0.2) is 5.82 Å². The van der Waals surface area contributed by atoms with Gasteiger partial charge in [-0.25, -0.2) is 4.68 Å². The van der Waals surface area contributed by atoms with E-state index in [1.807, 2.05) is 4.68 Å². The van der Waals surface area contributed by atoms with Gasteiger partial charge in [0.25, 0.3) is 0 Å². The molecule has 23 heavy (non-hydrogen) atoms. The average Bonchev–Trinajstić information content (AvgIpc) is 3.03. The maximum absolute atomic E-state index is 5.97. The predicted molar refractivity (Wildman–Crippen MR) is 83.8 cm³/mol. The van der Waals surface area contributed by atoms with Crippen molar-refractivity contribution >= 4 is 0 Å². The number of morpholine rings is 1. The zero-order chi connectivity index (χ0) is 15.5. The first kappa shape index (κ1) is 15.5. The smallest absolute Gasteiger partial charge is 0.165 e. The highest BCUT2D eigenvalue weighted by atomic mass is 16.5. The Kier molecular flexibility index (Phi) is 4.87. The first-order chi connectivity index (χ1) is 11.4. The third-order valence-electron chi connectivity index (χ3n) is 5.57. The van der Waals surface area contributed by atoms with Crippen LogP contribution in [-0.4, -0.2) is 63.6 Å². The molecule has 2 saturated heterocycles. The normalized spacial score (nSPS) is 30.3. The van der Waals surface area contributed by atoms with Gasteiger partial charge in [-0.3, -0.25) is 4.90 Å². The largest absolute Gasteiger partial charge is 0.381 e. The van der Waals surface area contributed by atoms with Crippen LogP contribution in [0.3, 0.4) is 0 Å². The number of ether oxygens (including phenoxy) is 2. The highest BCUT2D eigenvalue weighted by Gasteiger charge is 2.34. The summed E-state index contributed by atoms with van der Waals surface area (Å²) in [6, 6.07) is 0.547. The summed E-state index contributed by atoms with van der Waals surface area (Å²) in [7, 11) is 0. The summed E-state index contributed by atoms with van der Waals surface area (Å²) in [5.74, 6) is 1.64. The van der Waals surface area contributed by atoms with E-state index in [0.29, 0.717) is 18.1 Å². The van der Waals surface area contributed by atoms with E-state index in [0.717, 1.165) is 58.1 Å². The third kappa shape index (κ3) is 3.56. The minimum atomic E-state index is 0.414. The lowest BCUT2D eigenvalue weighted by Crippen LogP contribution is -2.52. The highest BCUT2D eigenvalue weighted by molar-refractivity contribution is 4.91. The topological polar surface area (TPSA) is 65.3 Å². The fourth-order valence-corrected chi connectivity index (χ4v) is 4.21. The maximum atomic E-state index is 5.97. The van der Waals surface area contributed by atoms with Crippen molar-refractivity contribution in [3.8, 4) is 0 Å². The summed E-state index contributed by atoms with van der Waals surface area (Å²) in [5.41, 5.74) is 0. The van der Waals surface area contributed by atoms with Crippen molar-refractivity contribution in [2.24, 2.45) is 5.92 Å². The van der Waals surface area contributed by atoms with Gasteiger partial charge in [-0.15, -0.1) is 5.10 Å². The van der Waals surface area contributed by atoms with Crippen LogP contribution in [-0.2, 0) is 22.6 Å². The molecule has 0 aromatic carbocycles. The Hall–Kier alpha value is -1.05. The molecule has 3 fully saturated rings. The van der Waals surface area contributed by atoms with E-state index in [-0.39, 0.29) is 0 Å². The van der Waals surface area contributed by atoms with Gasteiger partial charge in [0, 0.05) is 32.3 Å². The summed E-state index contributed by atoms with van der Waals surface area (Å²) >= 11 is 0. The number of aromatic nitrogens is 4. The first-order valence-corrected chi connectivity index (χ1v) is 9.08. The Morgan fingerprint density at radius 3 is 2.83 bits per heavy atom. The van der Waals surface area contributed by atoms with Gasteiger partial charge < -0.3 is 9.47 Å². The van der Waals surface area contributed by atoms with E-state index in [4.69, 9.17) is 9.47 Å². The summed E-state index contributed by atoms with van der Waals surface area (Å²) in [6.45, 7) is 5.34. The molecule has 1 aliphatic carbocycles. The van der Waals surface area contributed by atoms with Crippen LogP contribution in [0.4, 0.5) is 0 Å². The molecule has 3 aliphatic rings. The van der Waals surface area contributed by atoms with Crippen LogP contribution >= 0.6 is 0 Å². The van der Waals surface area contributed by atoms with Crippen LogP contribution < -0.4 is 0 Å². The lowest BCUT2D eigenvalue weighted by molar-refractivity contribution is -0.0922. The Morgan fingerprint density at radius 1 is 1.04 bits per heavy atom. The molecule has 2 aliphatic heterocycles. The molecular weight excluding hydrogens is 294 g/mol. The molecule has 1 aromatic rings. The number of tetrazole rings is 1. The van der Waals surface area contributed by atoms with Gasteiger partial charge in [-0.1, -0.05) is 12.8 Å². The molecule has 2 unspecified atom stereocenters. The average molecular weight is 321 g/mol. The third-order valence-corrected chi connectivity index (χ3v) is 5.57. The molecule has 2 atom stereocenters. The molecule has 7 heteroatoms. The Balaban J connectivity index is 1.41. The van der Waals surface area contributed by atoms with Crippen LogP contribution in [0.25, 0.3) is 0 Å². The van der Waals surface area contributed by atoms with Gasteiger partial charge in [-0.05, 0) is 42.0 Å².